The topological polar surface area (TPSA) is 80.0 Å². The molecule has 0 saturated heterocycles. The number of hydrogen-bond acceptors (Lipinski definition) is 5. The third kappa shape index (κ3) is 7.21. The number of hydrogen-bond donors (Lipinski definition) is 2. The smallest absolute Gasteiger partial charge is 0.191 e. The zero-order chi connectivity index (χ0) is 19.5. The Morgan fingerprint density at radius 3 is 2.78 bits per heavy atom. The Bertz CT molecular complexity index is 697. The quantitative estimate of drug-likeness (QED) is 0.281. The number of aliphatic imine (C=N–C) groups is 1. The first-order valence-electron chi connectivity index (χ1n) is 9.52. The Balaban J connectivity index is 1.85. The Hall–Kier alpha value is -2.09. The molecule has 2 aromatic heterocycles. The van der Waals surface area contributed by atoms with Crippen LogP contribution in [0.15, 0.2) is 34.5 Å². The highest BCUT2D eigenvalue weighted by Crippen LogP contribution is 2.16. The summed E-state index contributed by atoms with van der Waals surface area (Å²) in [5, 5.41) is 16.4. The number of guanidine groups is 1. The Morgan fingerprint density at radius 2 is 2.11 bits per heavy atom. The maximum atomic E-state index is 4.60. The number of nitrogens with zero attached hydrogens (tertiary/aromatic N) is 5. The summed E-state index contributed by atoms with van der Waals surface area (Å²) in [4.78, 5) is 8.91. The van der Waals surface area contributed by atoms with Crippen LogP contribution in [-0.4, -0.2) is 45.1 Å². The van der Waals surface area contributed by atoms with Gasteiger partial charge >= 0.3 is 0 Å². The molecule has 0 aromatic carbocycles. The fourth-order valence-corrected chi connectivity index (χ4v) is 3.17. The van der Waals surface area contributed by atoms with E-state index in [9.17, 15) is 0 Å². The van der Waals surface area contributed by atoms with E-state index in [1.54, 1.807) is 18.0 Å². The summed E-state index contributed by atoms with van der Waals surface area (Å²) in [6, 6.07) is 5.88. The molecule has 27 heavy (non-hydrogen) atoms. The maximum absolute atomic E-state index is 4.60. The first-order chi connectivity index (χ1) is 13.1. The van der Waals surface area contributed by atoms with Gasteiger partial charge in [-0.1, -0.05) is 31.7 Å². The first-order valence-corrected chi connectivity index (χ1v) is 10.7. The van der Waals surface area contributed by atoms with E-state index < -0.39 is 0 Å². The van der Waals surface area contributed by atoms with Crippen molar-refractivity contribution in [2.24, 2.45) is 10.9 Å². The standard InChI is InChI=1S/C19H31N7S/c1-5-20-18(23-13-16-9-6-7-11-21-16)22-12-8-10-17-24-25-19(27-4)26(17)14-15(2)3/h6-7,9,11,15H,5,8,10,12-14H2,1-4H3,(H2,20,22,23). The Kier molecular flexibility index (Phi) is 9.10. The molecule has 0 unspecified atom stereocenters. The molecule has 2 N–H and O–H groups in total. The molecule has 0 amide bonds. The van der Waals surface area contributed by atoms with Crippen LogP contribution in [0.4, 0.5) is 0 Å². The molecule has 0 bridgehead atoms. The molecule has 0 atom stereocenters. The molecule has 0 fully saturated rings. The van der Waals surface area contributed by atoms with E-state index >= 15 is 0 Å². The highest BCUT2D eigenvalue weighted by molar-refractivity contribution is 7.98. The minimum atomic E-state index is 0.565. The van der Waals surface area contributed by atoms with Crippen LogP contribution < -0.4 is 10.6 Å². The summed E-state index contributed by atoms with van der Waals surface area (Å²) < 4.78 is 2.25. The van der Waals surface area contributed by atoms with E-state index in [2.05, 4.69) is 56.1 Å². The van der Waals surface area contributed by atoms with E-state index in [1.165, 1.54) is 0 Å². The van der Waals surface area contributed by atoms with E-state index in [4.69, 9.17) is 0 Å². The van der Waals surface area contributed by atoms with Gasteiger partial charge in [-0.3, -0.25) is 4.98 Å². The highest BCUT2D eigenvalue weighted by atomic mass is 32.2. The number of nitrogens with one attached hydrogen (secondary N) is 2. The fraction of sp³-hybridized carbons (Fsp3) is 0.579. The number of aromatic nitrogens is 4. The summed E-state index contributed by atoms with van der Waals surface area (Å²) >= 11 is 1.65. The van der Waals surface area contributed by atoms with Gasteiger partial charge in [-0.05, 0) is 37.7 Å². The van der Waals surface area contributed by atoms with Crippen LogP contribution in [0, 0.1) is 5.92 Å². The van der Waals surface area contributed by atoms with Crippen molar-refractivity contribution < 1.29 is 0 Å². The number of rotatable bonds is 10. The van der Waals surface area contributed by atoms with Gasteiger partial charge in [-0.2, -0.15) is 0 Å². The van der Waals surface area contributed by atoms with Crippen LogP contribution in [0.1, 0.15) is 38.7 Å². The van der Waals surface area contributed by atoms with Crippen molar-refractivity contribution in [1.82, 2.24) is 30.4 Å². The van der Waals surface area contributed by atoms with Crippen molar-refractivity contribution >= 4 is 17.7 Å². The number of thioether (sulfide) groups is 1. The molecule has 0 radical (unpaired) electrons. The lowest BCUT2D eigenvalue weighted by atomic mass is 10.2. The predicted octanol–water partition coefficient (Wildman–Crippen LogP) is 2.74. The molecule has 8 heteroatoms. The lowest BCUT2D eigenvalue weighted by Gasteiger charge is -2.13. The zero-order valence-corrected chi connectivity index (χ0v) is 17.6. The number of pyridine rings is 1. The molecule has 0 saturated carbocycles. The zero-order valence-electron chi connectivity index (χ0n) is 16.8. The third-order valence-corrected chi connectivity index (χ3v) is 4.53. The van der Waals surface area contributed by atoms with E-state index in [-0.39, 0.29) is 0 Å². The van der Waals surface area contributed by atoms with Crippen LogP contribution >= 0.6 is 11.8 Å². The van der Waals surface area contributed by atoms with Crippen LogP contribution in [0.2, 0.25) is 0 Å². The minimum absolute atomic E-state index is 0.565. The van der Waals surface area contributed by atoms with Gasteiger partial charge in [-0.25, -0.2) is 4.99 Å². The highest BCUT2D eigenvalue weighted by Gasteiger charge is 2.12. The molecular formula is C19H31N7S. The van der Waals surface area contributed by atoms with E-state index in [0.29, 0.717) is 12.5 Å². The second-order valence-corrected chi connectivity index (χ2v) is 7.43. The van der Waals surface area contributed by atoms with Gasteiger partial charge in [0.05, 0.1) is 12.2 Å². The van der Waals surface area contributed by atoms with Gasteiger partial charge in [0.1, 0.15) is 5.82 Å². The van der Waals surface area contributed by atoms with Crippen molar-refractivity contribution in [3.05, 3.63) is 35.9 Å². The second-order valence-electron chi connectivity index (χ2n) is 6.65. The van der Waals surface area contributed by atoms with Crippen LogP contribution in [0.5, 0.6) is 0 Å². The average Bonchev–Trinajstić information content (AvgIpc) is 3.05. The largest absolute Gasteiger partial charge is 0.357 e. The van der Waals surface area contributed by atoms with Gasteiger partial charge < -0.3 is 15.2 Å². The second kappa shape index (κ2) is 11.6. The third-order valence-electron chi connectivity index (χ3n) is 3.86. The summed E-state index contributed by atoms with van der Waals surface area (Å²) in [6.07, 6.45) is 5.71. The summed E-state index contributed by atoms with van der Waals surface area (Å²) in [5.41, 5.74) is 0.959. The van der Waals surface area contributed by atoms with Crippen molar-refractivity contribution in [2.75, 3.05) is 19.3 Å². The molecule has 0 aliphatic heterocycles. The normalized spacial score (nSPS) is 11.8. The molecule has 2 aromatic rings. The van der Waals surface area contributed by atoms with E-state index in [0.717, 1.165) is 55.1 Å². The van der Waals surface area contributed by atoms with E-state index in [1.807, 2.05) is 24.5 Å². The van der Waals surface area contributed by atoms with Gasteiger partial charge in [-0.15, -0.1) is 10.2 Å². The van der Waals surface area contributed by atoms with Crippen molar-refractivity contribution in [3.63, 3.8) is 0 Å². The number of aryl methyl sites for hydroxylation is 1. The molecule has 0 aliphatic carbocycles. The summed E-state index contributed by atoms with van der Waals surface area (Å²) in [6.45, 7) is 9.68. The average molecular weight is 390 g/mol. The summed E-state index contributed by atoms with van der Waals surface area (Å²) in [7, 11) is 0. The predicted molar refractivity (Wildman–Crippen MR) is 112 cm³/mol. The van der Waals surface area contributed by atoms with Crippen molar-refractivity contribution in [1.29, 1.82) is 0 Å². The van der Waals surface area contributed by atoms with Crippen LogP contribution in [-0.2, 0) is 19.5 Å². The minimum Gasteiger partial charge on any atom is -0.357 e. The van der Waals surface area contributed by atoms with Crippen LogP contribution in [0.25, 0.3) is 0 Å². The van der Waals surface area contributed by atoms with Gasteiger partial charge in [0.2, 0.25) is 0 Å². The molecule has 0 spiro atoms. The van der Waals surface area contributed by atoms with Crippen molar-refractivity contribution in [3.8, 4) is 0 Å². The van der Waals surface area contributed by atoms with Gasteiger partial charge in [0.15, 0.2) is 11.1 Å². The molecule has 148 valence electrons. The summed E-state index contributed by atoms with van der Waals surface area (Å²) in [5.74, 6) is 2.45. The molecule has 0 aliphatic rings. The lowest BCUT2D eigenvalue weighted by Crippen LogP contribution is -2.38. The molecule has 2 rings (SSSR count). The first kappa shape index (κ1) is 21.2. The van der Waals surface area contributed by atoms with Gasteiger partial charge in [0.25, 0.3) is 0 Å². The monoisotopic (exact) mass is 389 g/mol. The van der Waals surface area contributed by atoms with Crippen molar-refractivity contribution in [2.45, 2.75) is 51.9 Å². The fourth-order valence-electron chi connectivity index (χ4n) is 2.65. The molecule has 7 nitrogen and oxygen atoms in total. The molecular weight excluding hydrogens is 358 g/mol. The maximum Gasteiger partial charge on any atom is 0.191 e. The Morgan fingerprint density at radius 1 is 1.26 bits per heavy atom. The lowest BCUT2D eigenvalue weighted by molar-refractivity contribution is 0.477. The van der Waals surface area contributed by atoms with Gasteiger partial charge in [0, 0.05) is 32.3 Å². The Labute approximate surface area is 166 Å². The van der Waals surface area contributed by atoms with Crippen LogP contribution in [0.3, 0.4) is 0 Å². The molecule has 2 heterocycles. The SMILES string of the molecule is CCNC(=NCc1ccccn1)NCCCc1nnc(SC)n1CC(C)C.